The van der Waals surface area contributed by atoms with E-state index >= 15 is 0 Å². The van der Waals surface area contributed by atoms with Gasteiger partial charge in [-0.3, -0.25) is 4.79 Å². The number of para-hydroxylation sites is 1. The molecule has 2 heterocycles. The van der Waals surface area contributed by atoms with Crippen molar-refractivity contribution in [2.45, 2.75) is 17.6 Å². The molecule has 0 bridgehead atoms. The first kappa shape index (κ1) is 20.3. The Morgan fingerprint density at radius 3 is 2.55 bits per heavy atom. The van der Waals surface area contributed by atoms with E-state index in [0.29, 0.717) is 13.1 Å². The van der Waals surface area contributed by atoms with Gasteiger partial charge in [0.1, 0.15) is 0 Å². The number of carbonyl (C=O) groups is 1. The fourth-order valence-corrected chi connectivity index (χ4v) is 5.33. The summed E-state index contributed by atoms with van der Waals surface area (Å²) in [5, 5.41) is 3.91. The molecule has 1 amide bonds. The van der Waals surface area contributed by atoms with Crippen molar-refractivity contribution < 1.29 is 4.79 Å². The fourth-order valence-electron chi connectivity index (χ4n) is 3.42. The van der Waals surface area contributed by atoms with E-state index in [2.05, 4.69) is 15.3 Å². The number of piperazine rings is 1. The van der Waals surface area contributed by atoms with Gasteiger partial charge >= 0.3 is 0 Å². The van der Waals surface area contributed by atoms with Gasteiger partial charge in [-0.15, -0.1) is 23.1 Å². The molecule has 0 unspecified atom stereocenters. The van der Waals surface area contributed by atoms with Crippen molar-refractivity contribution in [2.24, 2.45) is 0 Å². The van der Waals surface area contributed by atoms with Crippen molar-refractivity contribution >= 4 is 46.3 Å². The van der Waals surface area contributed by atoms with E-state index in [1.807, 2.05) is 60.4 Å². The number of hydrogen-bond acceptors (Lipinski definition) is 5. The molecule has 7 heteroatoms. The maximum absolute atomic E-state index is 13.2. The number of thiazole rings is 1. The van der Waals surface area contributed by atoms with Crippen molar-refractivity contribution in [1.29, 1.82) is 0 Å². The van der Waals surface area contributed by atoms with Gasteiger partial charge in [0.25, 0.3) is 5.91 Å². The molecule has 1 aliphatic heterocycles. The second-order valence-corrected chi connectivity index (χ2v) is 9.36. The molecule has 1 aromatic heterocycles. The van der Waals surface area contributed by atoms with Gasteiger partial charge in [0, 0.05) is 42.2 Å². The second-order valence-electron chi connectivity index (χ2n) is 6.87. The molecule has 0 aliphatic carbocycles. The minimum Gasteiger partial charge on any atom is -0.367 e. The number of thioether (sulfide) groups is 1. The summed E-state index contributed by atoms with van der Waals surface area (Å²) in [6.45, 7) is 4.95. The Bertz CT molecular complexity index is 999. The van der Waals surface area contributed by atoms with Crippen LogP contribution in [0.4, 0.5) is 5.69 Å². The maximum atomic E-state index is 13.2. The Labute approximate surface area is 184 Å². The zero-order chi connectivity index (χ0) is 20.2. The van der Waals surface area contributed by atoms with Crippen LogP contribution in [-0.2, 0) is 5.75 Å². The van der Waals surface area contributed by atoms with Crippen LogP contribution in [0.5, 0.6) is 0 Å². The molecular formula is C22H22ClN3OS2. The number of aromatic nitrogens is 1. The summed E-state index contributed by atoms with van der Waals surface area (Å²) in [6.07, 6.45) is 0. The highest BCUT2D eigenvalue weighted by molar-refractivity contribution is 7.98. The van der Waals surface area contributed by atoms with Crippen LogP contribution in [0.3, 0.4) is 0 Å². The standard InChI is InChI=1S/C22H22ClN3OS2/c1-16-24-17(14-28-16)15-29-21-9-5-2-6-18(21)22(27)26-12-10-25(11-13-26)20-8-4-3-7-19(20)23/h2-9,14H,10-13,15H2,1H3. The van der Waals surface area contributed by atoms with Crippen molar-refractivity contribution in [3.63, 3.8) is 0 Å². The lowest BCUT2D eigenvalue weighted by Crippen LogP contribution is -2.49. The fraction of sp³-hybridized carbons (Fsp3) is 0.273. The second kappa shape index (κ2) is 9.20. The minimum atomic E-state index is 0.0985. The first-order chi connectivity index (χ1) is 14.1. The van der Waals surface area contributed by atoms with Gasteiger partial charge in [-0.1, -0.05) is 35.9 Å². The van der Waals surface area contributed by atoms with Crippen LogP contribution in [0.1, 0.15) is 21.1 Å². The third-order valence-corrected chi connectivity index (χ3v) is 7.17. The van der Waals surface area contributed by atoms with Gasteiger partial charge in [-0.25, -0.2) is 4.98 Å². The predicted molar refractivity (Wildman–Crippen MR) is 122 cm³/mol. The van der Waals surface area contributed by atoms with Crippen LogP contribution in [0, 0.1) is 6.92 Å². The van der Waals surface area contributed by atoms with Crippen molar-refractivity contribution in [1.82, 2.24) is 9.88 Å². The molecule has 150 valence electrons. The molecule has 0 spiro atoms. The summed E-state index contributed by atoms with van der Waals surface area (Å²) in [5.74, 6) is 0.871. The lowest BCUT2D eigenvalue weighted by Gasteiger charge is -2.36. The zero-order valence-corrected chi connectivity index (χ0v) is 18.6. The molecule has 3 aromatic rings. The Morgan fingerprint density at radius 2 is 1.83 bits per heavy atom. The summed E-state index contributed by atoms with van der Waals surface area (Å²) >= 11 is 9.66. The van der Waals surface area contributed by atoms with Crippen molar-refractivity contribution in [2.75, 3.05) is 31.1 Å². The summed E-state index contributed by atoms with van der Waals surface area (Å²) in [5.41, 5.74) is 2.87. The number of carbonyl (C=O) groups excluding carboxylic acids is 1. The van der Waals surface area contributed by atoms with E-state index in [4.69, 9.17) is 11.6 Å². The van der Waals surface area contributed by atoms with Crippen molar-refractivity contribution in [3.8, 4) is 0 Å². The highest BCUT2D eigenvalue weighted by Crippen LogP contribution is 2.29. The summed E-state index contributed by atoms with van der Waals surface area (Å²) in [4.78, 5) is 22.9. The minimum absolute atomic E-state index is 0.0985. The van der Waals surface area contributed by atoms with Crippen molar-refractivity contribution in [3.05, 3.63) is 75.2 Å². The quantitative estimate of drug-likeness (QED) is 0.497. The number of amides is 1. The first-order valence-corrected chi connectivity index (χ1v) is 11.8. The van der Waals surface area contributed by atoms with Gasteiger partial charge in [-0.2, -0.15) is 0 Å². The molecule has 0 radical (unpaired) electrons. The average Bonchev–Trinajstić information content (AvgIpc) is 3.18. The summed E-state index contributed by atoms with van der Waals surface area (Å²) in [6, 6.07) is 15.8. The van der Waals surface area contributed by atoms with E-state index < -0.39 is 0 Å². The Kier molecular flexibility index (Phi) is 6.43. The van der Waals surface area contributed by atoms with Gasteiger partial charge in [-0.05, 0) is 31.2 Å². The summed E-state index contributed by atoms with van der Waals surface area (Å²) in [7, 11) is 0. The molecule has 4 rings (SSSR count). The van der Waals surface area contributed by atoms with E-state index in [-0.39, 0.29) is 5.91 Å². The number of halogens is 1. The van der Waals surface area contributed by atoms with Crippen LogP contribution in [-0.4, -0.2) is 42.0 Å². The van der Waals surface area contributed by atoms with Crippen LogP contribution >= 0.6 is 34.7 Å². The number of aryl methyl sites for hydroxylation is 1. The summed E-state index contributed by atoms with van der Waals surface area (Å²) < 4.78 is 0. The van der Waals surface area contributed by atoms with Gasteiger partial charge in [0.05, 0.1) is 27.0 Å². The topological polar surface area (TPSA) is 36.4 Å². The number of benzene rings is 2. The molecule has 29 heavy (non-hydrogen) atoms. The third kappa shape index (κ3) is 4.77. The highest BCUT2D eigenvalue weighted by atomic mass is 35.5. The number of hydrogen-bond donors (Lipinski definition) is 0. The molecule has 0 atom stereocenters. The molecule has 0 N–H and O–H groups in total. The van der Waals surface area contributed by atoms with E-state index in [1.54, 1.807) is 23.1 Å². The molecule has 1 saturated heterocycles. The Hall–Kier alpha value is -2.02. The number of rotatable bonds is 5. The molecule has 1 fully saturated rings. The molecule has 4 nitrogen and oxygen atoms in total. The normalized spacial score (nSPS) is 14.3. The Morgan fingerprint density at radius 1 is 1.10 bits per heavy atom. The van der Waals surface area contributed by atoms with Crippen LogP contribution in [0.2, 0.25) is 5.02 Å². The van der Waals surface area contributed by atoms with Crippen LogP contribution in [0.25, 0.3) is 0 Å². The van der Waals surface area contributed by atoms with Gasteiger partial charge in [0.2, 0.25) is 0 Å². The number of nitrogens with zero attached hydrogens (tertiary/aromatic N) is 3. The van der Waals surface area contributed by atoms with E-state index in [0.717, 1.165) is 50.7 Å². The monoisotopic (exact) mass is 443 g/mol. The Balaban J connectivity index is 1.42. The van der Waals surface area contributed by atoms with Gasteiger partial charge < -0.3 is 9.80 Å². The smallest absolute Gasteiger partial charge is 0.255 e. The number of anilines is 1. The third-order valence-electron chi connectivity index (χ3n) is 4.92. The van der Waals surface area contributed by atoms with Crippen LogP contribution in [0.15, 0.2) is 58.8 Å². The zero-order valence-electron chi connectivity index (χ0n) is 16.2. The highest BCUT2D eigenvalue weighted by Gasteiger charge is 2.24. The van der Waals surface area contributed by atoms with Crippen LogP contribution < -0.4 is 4.90 Å². The molecular weight excluding hydrogens is 422 g/mol. The predicted octanol–water partition coefficient (Wildman–Crippen LogP) is 5.36. The maximum Gasteiger partial charge on any atom is 0.255 e. The molecule has 1 aliphatic rings. The lowest BCUT2D eigenvalue weighted by molar-refractivity contribution is 0.0743. The van der Waals surface area contributed by atoms with Gasteiger partial charge in [0.15, 0.2) is 0 Å². The van der Waals surface area contributed by atoms with E-state index in [9.17, 15) is 4.79 Å². The molecule has 2 aromatic carbocycles. The SMILES string of the molecule is Cc1nc(CSc2ccccc2C(=O)N2CCN(c3ccccc3Cl)CC2)cs1. The van der Waals surface area contributed by atoms with E-state index in [1.165, 1.54) is 0 Å². The largest absolute Gasteiger partial charge is 0.367 e. The lowest BCUT2D eigenvalue weighted by atomic mass is 10.1. The molecule has 0 saturated carbocycles. The first-order valence-electron chi connectivity index (χ1n) is 9.53. The average molecular weight is 444 g/mol.